The van der Waals surface area contributed by atoms with E-state index in [1.54, 1.807) is 12.1 Å². The average molecular weight is 369 g/mol. The zero-order valence-corrected chi connectivity index (χ0v) is 13.5. The number of hydrogen-bond acceptors (Lipinski definition) is 3. The number of benzene rings is 2. The third-order valence-corrected chi connectivity index (χ3v) is 4.27. The van der Waals surface area contributed by atoms with Gasteiger partial charge in [-0.15, -0.1) is 0 Å². The minimum atomic E-state index is -3.80. The Hall–Kier alpha value is -1.70. The average Bonchev–Trinajstić information content (AvgIpc) is 2.41. The Morgan fingerprint density at radius 3 is 2.57 bits per heavy atom. The normalized spacial score (nSPS) is 11.2. The number of sulfonamides is 1. The number of amides is 1. The molecular formula is C14H13BrN2O3S. The lowest BCUT2D eigenvalue weighted by Crippen LogP contribution is -2.15. The highest BCUT2D eigenvalue weighted by Gasteiger charge is 2.12. The van der Waals surface area contributed by atoms with Crippen LogP contribution in [-0.4, -0.2) is 14.3 Å². The second-order valence-corrected chi connectivity index (χ2v) is 6.96. The lowest BCUT2D eigenvalue weighted by Gasteiger charge is -2.09. The van der Waals surface area contributed by atoms with Crippen molar-refractivity contribution in [3.8, 4) is 0 Å². The van der Waals surface area contributed by atoms with E-state index in [0.29, 0.717) is 11.3 Å². The molecule has 110 valence electrons. The summed E-state index contributed by atoms with van der Waals surface area (Å²) in [4.78, 5) is 12.2. The van der Waals surface area contributed by atoms with Gasteiger partial charge < -0.3 is 5.32 Å². The van der Waals surface area contributed by atoms with Crippen LogP contribution < -0.4 is 10.5 Å². The van der Waals surface area contributed by atoms with E-state index in [4.69, 9.17) is 5.14 Å². The number of rotatable bonds is 3. The van der Waals surface area contributed by atoms with Gasteiger partial charge in [-0.1, -0.05) is 28.1 Å². The zero-order chi connectivity index (χ0) is 15.6. The van der Waals surface area contributed by atoms with Gasteiger partial charge in [-0.2, -0.15) is 0 Å². The Balaban J connectivity index is 2.30. The Bertz CT molecular complexity index is 804. The maximum atomic E-state index is 12.2. The van der Waals surface area contributed by atoms with E-state index in [1.807, 2.05) is 19.1 Å². The van der Waals surface area contributed by atoms with Crippen LogP contribution in [-0.2, 0) is 10.0 Å². The second-order valence-electron chi connectivity index (χ2n) is 4.49. The molecule has 0 heterocycles. The second kappa shape index (κ2) is 5.97. The fourth-order valence-electron chi connectivity index (χ4n) is 1.79. The van der Waals surface area contributed by atoms with Gasteiger partial charge in [0.25, 0.3) is 5.91 Å². The number of halogens is 1. The first-order valence-electron chi connectivity index (χ1n) is 5.98. The molecule has 2 aromatic carbocycles. The highest BCUT2D eigenvalue weighted by molar-refractivity contribution is 9.10. The maximum absolute atomic E-state index is 12.2. The Kier molecular flexibility index (Phi) is 4.46. The van der Waals surface area contributed by atoms with Gasteiger partial charge in [0.05, 0.1) is 4.90 Å². The minimum absolute atomic E-state index is 0.0498. The monoisotopic (exact) mass is 368 g/mol. The molecule has 0 aliphatic rings. The van der Waals surface area contributed by atoms with Gasteiger partial charge in [-0.25, -0.2) is 13.6 Å². The number of primary sulfonamides is 1. The van der Waals surface area contributed by atoms with Crippen LogP contribution in [0.4, 0.5) is 5.69 Å². The summed E-state index contributed by atoms with van der Waals surface area (Å²) in [6, 6.07) is 11.2. The number of carbonyl (C=O) groups is 1. The third-order valence-electron chi connectivity index (χ3n) is 2.86. The third kappa shape index (κ3) is 3.90. The number of aryl methyl sites for hydroxylation is 1. The van der Waals surface area contributed by atoms with Gasteiger partial charge in [0, 0.05) is 15.7 Å². The van der Waals surface area contributed by atoms with E-state index >= 15 is 0 Å². The molecule has 0 aromatic heterocycles. The predicted octanol–water partition coefficient (Wildman–Crippen LogP) is 2.66. The molecule has 0 spiro atoms. The van der Waals surface area contributed by atoms with Gasteiger partial charge in [0.2, 0.25) is 10.0 Å². The standard InChI is InChI=1S/C14H13BrN2O3S/c1-9-5-6-10(15)7-13(9)14(18)17-11-3-2-4-12(8-11)21(16,19)20/h2-8H,1H3,(H,17,18)(H2,16,19,20). The Labute approximate surface area is 131 Å². The summed E-state index contributed by atoms with van der Waals surface area (Å²) in [5.74, 6) is -0.319. The predicted molar refractivity (Wildman–Crippen MR) is 84.6 cm³/mol. The van der Waals surface area contributed by atoms with E-state index in [1.165, 1.54) is 18.2 Å². The molecule has 0 radical (unpaired) electrons. The molecule has 0 saturated heterocycles. The van der Waals surface area contributed by atoms with Crippen molar-refractivity contribution in [3.05, 3.63) is 58.1 Å². The summed E-state index contributed by atoms with van der Waals surface area (Å²) in [6.07, 6.45) is 0. The van der Waals surface area contributed by atoms with Crippen LogP contribution >= 0.6 is 15.9 Å². The molecule has 3 N–H and O–H groups in total. The summed E-state index contributed by atoms with van der Waals surface area (Å²) in [6.45, 7) is 1.82. The first-order chi connectivity index (χ1) is 9.77. The molecule has 0 fully saturated rings. The number of anilines is 1. The molecule has 2 rings (SSSR count). The SMILES string of the molecule is Cc1ccc(Br)cc1C(=O)Nc1cccc(S(N)(=O)=O)c1. The molecule has 0 aliphatic heterocycles. The van der Waals surface area contributed by atoms with Crippen molar-refractivity contribution in [2.24, 2.45) is 5.14 Å². The van der Waals surface area contributed by atoms with Crippen LogP contribution in [0.15, 0.2) is 51.8 Å². The number of hydrogen-bond donors (Lipinski definition) is 2. The van der Waals surface area contributed by atoms with Crippen molar-refractivity contribution in [1.82, 2.24) is 0 Å². The molecule has 0 saturated carbocycles. The molecule has 0 atom stereocenters. The van der Waals surface area contributed by atoms with Gasteiger partial charge in [-0.3, -0.25) is 4.79 Å². The fraction of sp³-hybridized carbons (Fsp3) is 0.0714. The lowest BCUT2D eigenvalue weighted by atomic mass is 10.1. The number of carbonyl (C=O) groups excluding carboxylic acids is 1. The Morgan fingerprint density at radius 2 is 1.90 bits per heavy atom. The first-order valence-corrected chi connectivity index (χ1v) is 8.31. The topological polar surface area (TPSA) is 89.3 Å². The van der Waals surface area contributed by atoms with Crippen LogP contribution in [0.2, 0.25) is 0 Å². The summed E-state index contributed by atoms with van der Waals surface area (Å²) < 4.78 is 23.4. The quantitative estimate of drug-likeness (QED) is 0.872. The summed E-state index contributed by atoms with van der Waals surface area (Å²) in [5.41, 5.74) is 1.69. The van der Waals surface area contributed by atoms with Crippen LogP contribution in [0.25, 0.3) is 0 Å². The van der Waals surface area contributed by atoms with Crippen molar-refractivity contribution >= 4 is 37.5 Å². The largest absolute Gasteiger partial charge is 0.322 e. The van der Waals surface area contributed by atoms with Crippen molar-refractivity contribution in [1.29, 1.82) is 0 Å². The summed E-state index contributed by atoms with van der Waals surface area (Å²) in [7, 11) is -3.80. The van der Waals surface area contributed by atoms with Crippen molar-refractivity contribution in [2.75, 3.05) is 5.32 Å². The minimum Gasteiger partial charge on any atom is -0.322 e. The highest BCUT2D eigenvalue weighted by atomic mass is 79.9. The molecular weight excluding hydrogens is 356 g/mol. The van der Waals surface area contributed by atoms with Crippen LogP contribution in [0.1, 0.15) is 15.9 Å². The number of nitrogens with two attached hydrogens (primary N) is 1. The van der Waals surface area contributed by atoms with Crippen LogP contribution in [0.3, 0.4) is 0 Å². The van der Waals surface area contributed by atoms with Crippen LogP contribution in [0.5, 0.6) is 0 Å². The van der Waals surface area contributed by atoms with Gasteiger partial charge in [-0.05, 0) is 42.8 Å². The van der Waals surface area contributed by atoms with Crippen molar-refractivity contribution < 1.29 is 13.2 Å². The van der Waals surface area contributed by atoms with Gasteiger partial charge >= 0.3 is 0 Å². The van der Waals surface area contributed by atoms with E-state index in [-0.39, 0.29) is 10.8 Å². The van der Waals surface area contributed by atoms with Gasteiger partial charge in [0.15, 0.2) is 0 Å². The van der Waals surface area contributed by atoms with Crippen LogP contribution in [0, 0.1) is 6.92 Å². The molecule has 1 amide bonds. The van der Waals surface area contributed by atoms with E-state index in [9.17, 15) is 13.2 Å². The number of nitrogens with one attached hydrogen (secondary N) is 1. The molecule has 21 heavy (non-hydrogen) atoms. The lowest BCUT2D eigenvalue weighted by molar-refractivity contribution is 0.102. The van der Waals surface area contributed by atoms with Crippen molar-refractivity contribution in [2.45, 2.75) is 11.8 Å². The summed E-state index contributed by atoms with van der Waals surface area (Å²) in [5, 5.41) is 7.72. The van der Waals surface area contributed by atoms with Gasteiger partial charge in [0.1, 0.15) is 0 Å². The molecule has 0 aliphatic carbocycles. The zero-order valence-electron chi connectivity index (χ0n) is 11.1. The van der Waals surface area contributed by atoms with E-state index < -0.39 is 10.0 Å². The molecule has 7 heteroatoms. The molecule has 5 nitrogen and oxygen atoms in total. The van der Waals surface area contributed by atoms with Crippen molar-refractivity contribution in [3.63, 3.8) is 0 Å². The van der Waals surface area contributed by atoms with E-state index in [0.717, 1.165) is 10.0 Å². The maximum Gasteiger partial charge on any atom is 0.255 e. The molecule has 0 bridgehead atoms. The van der Waals surface area contributed by atoms with E-state index in [2.05, 4.69) is 21.2 Å². The molecule has 0 unspecified atom stereocenters. The Morgan fingerprint density at radius 1 is 1.19 bits per heavy atom. The fourth-order valence-corrected chi connectivity index (χ4v) is 2.71. The first kappa shape index (κ1) is 15.7. The summed E-state index contributed by atoms with van der Waals surface area (Å²) >= 11 is 3.31. The molecule has 2 aromatic rings. The smallest absolute Gasteiger partial charge is 0.255 e. The highest BCUT2D eigenvalue weighted by Crippen LogP contribution is 2.19.